The van der Waals surface area contributed by atoms with E-state index < -0.39 is 38.9 Å². The van der Waals surface area contributed by atoms with E-state index >= 15 is 0 Å². The number of fused-ring (bicyclic) bond motifs is 2. The number of likely N-dealkylation sites (tertiary alicyclic amines) is 1. The zero-order valence-electron chi connectivity index (χ0n) is 23.3. The van der Waals surface area contributed by atoms with Gasteiger partial charge in [0.2, 0.25) is 10.0 Å². The maximum atomic E-state index is 14.4. The average molecular weight is 582 g/mol. The average Bonchev–Trinajstić information content (AvgIpc) is 3.66. The number of benzene rings is 2. The molecular weight excluding hydrogens is 546 g/mol. The fourth-order valence-corrected chi connectivity index (χ4v) is 7.60. The lowest BCUT2D eigenvalue weighted by Gasteiger charge is -2.34. The standard InChI is InChI=1S/C30H35N3O7S/c1-3-4-18-32-24-11-6-5-10-23(24)30(29(32)37)25(27(35)28(36)33(30)19-9-20-40-2)26(34)21-12-14-22(15-13-21)41(38,39)31-16-7-8-17-31/h5-6,10-15,34H,3-4,7-9,16-20H2,1-2H3/b26-25+. The Bertz CT molecular complexity index is 1500. The Hall–Kier alpha value is -3.54. The molecule has 2 fully saturated rings. The molecule has 218 valence electrons. The molecule has 0 aromatic heterocycles. The number of para-hydroxylation sites is 1. The van der Waals surface area contributed by atoms with E-state index in [-0.39, 0.29) is 22.6 Å². The van der Waals surface area contributed by atoms with Crippen molar-refractivity contribution in [1.29, 1.82) is 0 Å². The highest BCUT2D eigenvalue weighted by Gasteiger charge is 2.66. The number of carbonyl (C=O) groups is 3. The molecule has 11 heteroatoms. The second kappa shape index (κ2) is 11.4. The lowest BCUT2D eigenvalue weighted by atomic mass is 9.82. The third-order valence-electron chi connectivity index (χ3n) is 8.11. The number of carbonyl (C=O) groups excluding carboxylic acids is 3. The summed E-state index contributed by atoms with van der Waals surface area (Å²) in [5.41, 5.74) is -0.991. The van der Waals surface area contributed by atoms with Gasteiger partial charge in [-0.25, -0.2) is 8.42 Å². The highest BCUT2D eigenvalue weighted by molar-refractivity contribution is 7.89. The second-order valence-electron chi connectivity index (χ2n) is 10.5. The van der Waals surface area contributed by atoms with E-state index in [9.17, 15) is 27.9 Å². The quantitative estimate of drug-likeness (QED) is 0.198. The summed E-state index contributed by atoms with van der Waals surface area (Å²) in [5.74, 6) is -2.84. The first-order chi connectivity index (χ1) is 19.7. The van der Waals surface area contributed by atoms with Gasteiger partial charge in [0.1, 0.15) is 5.76 Å². The Morgan fingerprint density at radius 1 is 0.976 bits per heavy atom. The number of ether oxygens (including phenoxy) is 1. The van der Waals surface area contributed by atoms with Crippen molar-refractivity contribution in [3.8, 4) is 0 Å². The molecular formula is C30H35N3O7S. The van der Waals surface area contributed by atoms with Crippen LogP contribution in [-0.2, 0) is 34.7 Å². The van der Waals surface area contributed by atoms with Crippen LogP contribution in [0.25, 0.3) is 5.76 Å². The van der Waals surface area contributed by atoms with E-state index in [1.54, 1.807) is 29.2 Å². The number of aliphatic hydroxyl groups excluding tert-OH is 1. The van der Waals surface area contributed by atoms with Crippen molar-refractivity contribution in [1.82, 2.24) is 9.21 Å². The molecule has 1 atom stereocenters. The molecule has 1 unspecified atom stereocenters. The van der Waals surface area contributed by atoms with Gasteiger partial charge < -0.3 is 19.6 Å². The minimum Gasteiger partial charge on any atom is -0.507 e. The molecule has 1 N–H and O–H groups in total. The molecule has 0 saturated carbocycles. The molecule has 3 aliphatic heterocycles. The Morgan fingerprint density at radius 3 is 2.32 bits per heavy atom. The number of nitrogens with zero attached hydrogens (tertiary/aromatic N) is 3. The van der Waals surface area contributed by atoms with Gasteiger partial charge >= 0.3 is 0 Å². The van der Waals surface area contributed by atoms with E-state index in [0.29, 0.717) is 50.3 Å². The van der Waals surface area contributed by atoms with Gasteiger partial charge in [0.05, 0.1) is 16.2 Å². The number of Topliss-reactive ketones (excluding diaryl/α,β-unsaturated/α-hetero) is 1. The van der Waals surface area contributed by atoms with Crippen LogP contribution in [0.3, 0.4) is 0 Å². The van der Waals surface area contributed by atoms with Crippen LogP contribution in [0, 0.1) is 0 Å². The first-order valence-electron chi connectivity index (χ1n) is 14.0. The number of sulfonamides is 1. The van der Waals surface area contributed by atoms with Gasteiger partial charge in [0.15, 0.2) is 5.54 Å². The molecule has 0 bridgehead atoms. The topological polar surface area (TPSA) is 125 Å². The predicted molar refractivity (Wildman–Crippen MR) is 153 cm³/mol. The number of ketones is 1. The number of aliphatic hydroxyl groups is 1. The van der Waals surface area contributed by atoms with Crippen molar-refractivity contribution in [2.24, 2.45) is 0 Å². The third-order valence-corrected chi connectivity index (χ3v) is 10.0. The summed E-state index contributed by atoms with van der Waals surface area (Å²) in [5, 5.41) is 11.7. The first kappa shape index (κ1) is 29.0. The van der Waals surface area contributed by atoms with Crippen LogP contribution in [0.2, 0.25) is 0 Å². The molecule has 41 heavy (non-hydrogen) atoms. The van der Waals surface area contributed by atoms with Gasteiger partial charge in [-0.15, -0.1) is 0 Å². The van der Waals surface area contributed by atoms with Crippen LogP contribution >= 0.6 is 0 Å². The summed E-state index contributed by atoms with van der Waals surface area (Å²) >= 11 is 0. The van der Waals surface area contributed by atoms with Gasteiger partial charge in [-0.1, -0.05) is 31.5 Å². The number of unbranched alkanes of at least 4 members (excludes halogenated alkanes) is 1. The van der Waals surface area contributed by atoms with Crippen LogP contribution in [0.4, 0.5) is 5.69 Å². The smallest absolute Gasteiger partial charge is 0.296 e. The molecule has 2 amide bonds. The summed E-state index contributed by atoms with van der Waals surface area (Å²) in [6.45, 7) is 3.67. The van der Waals surface area contributed by atoms with Gasteiger partial charge in [-0.2, -0.15) is 4.31 Å². The molecule has 2 aromatic rings. The highest BCUT2D eigenvalue weighted by atomic mass is 32.2. The van der Waals surface area contributed by atoms with Crippen LogP contribution in [-0.4, -0.2) is 80.2 Å². The largest absolute Gasteiger partial charge is 0.507 e. The number of amides is 2. The molecule has 3 aliphatic rings. The molecule has 3 heterocycles. The lowest BCUT2D eigenvalue weighted by molar-refractivity contribution is -0.143. The number of anilines is 1. The Kier molecular flexibility index (Phi) is 8.04. The van der Waals surface area contributed by atoms with Crippen molar-refractivity contribution in [3.05, 3.63) is 65.2 Å². The summed E-state index contributed by atoms with van der Waals surface area (Å²) in [6.07, 6.45) is 3.51. The van der Waals surface area contributed by atoms with E-state index in [1.165, 1.54) is 40.6 Å². The predicted octanol–water partition coefficient (Wildman–Crippen LogP) is 3.23. The van der Waals surface area contributed by atoms with Crippen molar-refractivity contribution in [2.75, 3.05) is 44.8 Å². The number of hydrogen-bond acceptors (Lipinski definition) is 7. The van der Waals surface area contributed by atoms with E-state index in [2.05, 4.69) is 0 Å². The van der Waals surface area contributed by atoms with Crippen molar-refractivity contribution < 1.29 is 32.6 Å². The van der Waals surface area contributed by atoms with Gasteiger partial charge in [-0.05, 0) is 56.0 Å². The van der Waals surface area contributed by atoms with Crippen molar-refractivity contribution >= 4 is 39.1 Å². The molecule has 1 spiro atoms. The molecule has 2 saturated heterocycles. The summed E-state index contributed by atoms with van der Waals surface area (Å²) in [6, 6.07) is 12.6. The minimum absolute atomic E-state index is 0.0594. The molecule has 10 nitrogen and oxygen atoms in total. The Morgan fingerprint density at radius 2 is 1.66 bits per heavy atom. The van der Waals surface area contributed by atoms with Crippen LogP contribution in [0.1, 0.15) is 50.2 Å². The van der Waals surface area contributed by atoms with Crippen LogP contribution < -0.4 is 4.90 Å². The molecule has 5 rings (SSSR count). The zero-order valence-corrected chi connectivity index (χ0v) is 24.2. The minimum atomic E-state index is -3.69. The number of hydrogen-bond donors (Lipinski definition) is 1. The van der Waals surface area contributed by atoms with Crippen molar-refractivity contribution in [2.45, 2.75) is 49.5 Å². The Labute approximate surface area is 240 Å². The molecule has 0 radical (unpaired) electrons. The SMILES string of the molecule is CCCCN1C(=O)C2(/C(=C(/O)c3ccc(S(=O)(=O)N4CCCC4)cc3)C(=O)C(=O)N2CCCOC)c2ccccc21. The van der Waals surface area contributed by atoms with Gasteiger partial charge in [0, 0.05) is 51.0 Å². The monoisotopic (exact) mass is 581 g/mol. The van der Waals surface area contributed by atoms with E-state index in [1.807, 2.05) is 6.92 Å². The molecule has 2 aromatic carbocycles. The summed E-state index contributed by atoms with van der Waals surface area (Å²) < 4.78 is 32.6. The normalized spacial score (nSPS) is 22.3. The fraction of sp³-hybridized carbons (Fsp3) is 0.433. The Balaban J connectivity index is 1.67. The molecule has 0 aliphatic carbocycles. The maximum Gasteiger partial charge on any atom is 0.296 e. The third kappa shape index (κ3) is 4.56. The van der Waals surface area contributed by atoms with Crippen LogP contribution in [0.5, 0.6) is 0 Å². The zero-order chi connectivity index (χ0) is 29.4. The number of methoxy groups -OCH3 is 1. The summed E-state index contributed by atoms with van der Waals surface area (Å²) in [4.78, 5) is 44.6. The fourth-order valence-electron chi connectivity index (χ4n) is 6.08. The summed E-state index contributed by atoms with van der Waals surface area (Å²) in [7, 11) is -2.17. The maximum absolute atomic E-state index is 14.4. The first-order valence-corrected chi connectivity index (χ1v) is 15.5. The van der Waals surface area contributed by atoms with E-state index in [4.69, 9.17) is 4.74 Å². The van der Waals surface area contributed by atoms with Gasteiger partial charge in [0.25, 0.3) is 17.6 Å². The van der Waals surface area contributed by atoms with Crippen molar-refractivity contribution in [3.63, 3.8) is 0 Å². The number of rotatable bonds is 10. The van der Waals surface area contributed by atoms with Gasteiger partial charge in [-0.3, -0.25) is 14.4 Å². The highest BCUT2D eigenvalue weighted by Crippen LogP contribution is 2.53. The second-order valence-corrected chi connectivity index (χ2v) is 12.5. The van der Waals surface area contributed by atoms with E-state index in [0.717, 1.165) is 19.3 Å². The lowest BCUT2D eigenvalue weighted by Crippen LogP contribution is -2.52. The van der Waals surface area contributed by atoms with Crippen LogP contribution in [0.15, 0.2) is 59.0 Å².